The van der Waals surface area contributed by atoms with E-state index in [9.17, 15) is 19.2 Å². The van der Waals surface area contributed by atoms with Crippen molar-refractivity contribution >= 4 is 23.8 Å². The second-order valence-corrected chi connectivity index (χ2v) is 5.69. The van der Waals surface area contributed by atoms with Crippen molar-refractivity contribution in [3.05, 3.63) is 35.9 Å². The van der Waals surface area contributed by atoms with Crippen LogP contribution in [0.3, 0.4) is 0 Å². The van der Waals surface area contributed by atoms with Gasteiger partial charge >= 0.3 is 12.0 Å². The van der Waals surface area contributed by atoms with Crippen LogP contribution in [-0.4, -0.2) is 40.4 Å². The van der Waals surface area contributed by atoms with Crippen LogP contribution in [0.1, 0.15) is 38.2 Å². The smallest absolute Gasteiger partial charge is 0.330 e. The number of imide groups is 2. The molecular formula is C17H20N2O5. The van der Waals surface area contributed by atoms with Crippen molar-refractivity contribution in [2.45, 2.75) is 38.0 Å². The SMILES string of the molecule is CC[C@@]1(c2ccccc2)C(=O)NC(=O)N(CCCCC(=O)O)C1=O. The summed E-state index contributed by atoms with van der Waals surface area (Å²) in [5.41, 5.74) is -0.889. The van der Waals surface area contributed by atoms with E-state index in [4.69, 9.17) is 5.11 Å². The molecule has 1 atom stereocenters. The van der Waals surface area contributed by atoms with Crippen LogP contribution in [0.25, 0.3) is 0 Å². The van der Waals surface area contributed by atoms with Crippen LogP contribution in [0.2, 0.25) is 0 Å². The maximum absolute atomic E-state index is 13.0. The molecule has 1 aliphatic heterocycles. The quantitative estimate of drug-likeness (QED) is 0.584. The topological polar surface area (TPSA) is 104 Å². The largest absolute Gasteiger partial charge is 0.481 e. The molecule has 0 unspecified atom stereocenters. The molecule has 128 valence electrons. The molecular weight excluding hydrogens is 312 g/mol. The number of urea groups is 1. The van der Waals surface area contributed by atoms with E-state index >= 15 is 0 Å². The molecule has 24 heavy (non-hydrogen) atoms. The van der Waals surface area contributed by atoms with Gasteiger partial charge in [0.1, 0.15) is 0 Å². The number of nitrogens with zero attached hydrogens (tertiary/aromatic N) is 1. The van der Waals surface area contributed by atoms with E-state index in [2.05, 4.69) is 5.32 Å². The molecule has 2 N–H and O–H groups in total. The van der Waals surface area contributed by atoms with Gasteiger partial charge in [-0.2, -0.15) is 0 Å². The van der Waals surface area contributed by atoms with E-state index in [0.29, 0.717) is 18.4 Å². The second kappa shape index (κ2) is 7.25. The number of amides is 4. The highest BCUT2D eigenvalue weighted by Crippen LogP contribution is 2.33. The average Bonchev–Trinajstić information content (AvgIpc) is 2.55. The summed E-state index contributed by atoms with van der Waals surface area (Å²) in [7, 11) is 0. The highest BCUT2D eigenvalue weighted by molar-refractivity contribution is 6.22. The standard InChI is InChI=1S/C17H20N2O5/c1-2-17(12-8-4-3-5-9-12)14(22)18-16(24)19(15(17)23)11-7-6-10-13(20)21/h3-5,8-9H,2,6-7,10-11H2,1H3,(H,20,21)(H,18,22,24)/t17-/m1/s1. The van der Waals surface area contributed by atoms with Crippen molar-refractivity contribution < 1.29 is 24.3 Å². The van der Waals surface area contributed by atoms with E-state index in [1.165, 1.54) is 0 Å². The number of carboxylic acid groups (broad SMARTS) is 1. The molecule has 0 bridgehead atoms. The predicted octanol–water partition coefficient (Wildman–Crippen LogP) is 1.67. The van der Waals surface area contributed by atoms with Crippen LogP contribution in [0.5, 0.6) is 0 Å². The number of benzene rings is 1. The van der Waals surface area contributed by atoms with Crippen molar-refractivity contribution in [1.29, 1.82) is 0 Å². The first-order valence-electron chi connectivity index (χ1n) is 7.88. The summed E-state index contributed by atoms with van der Waals surface area (Å²) < 4.78 is 0. The zero-order chi connectivity index (χ0) is 17.7. The van der Waals surface area contributed by atoms with Gasteiger partial charge in [-0.1, -0.05) is 37.3 Å². The summed E-state index contributed by atoms with van der Waals surface area (Å²) in [6.07, 6.45) is 0.916. The first kappa shape index (κ1) is 17.7. The lowest BCUT2D eigenvalue weighted by Crippen LogP contribution is -2.65. The Morgan fingerprint density at radius 1 is 1.17 bits per heavy atom. The Morgan fingerprint density at radius 3 is 2.42 bits per heavy atom. The molecule has 0 aromatic heterocycles. The summed E-state index contributed by atoms with van der Waals surface area (Å²) in [4.78, 5) is 49.0. The minimum atomic E-state index is -1.43. The molecule has 0 aliphatic carbocycles. The van der Waals surface area contributed by atoms with Gasteiger partial charge in [-0.25, -0.2) is 4.79 Å². The fourth-order valence-corrected chi connectivity index (χ4v) is 2.93. The van der Waals surface area contributed by atoms with E-state index in [1.807, 2.05) is 0 Å². The number of nitrogens with one attached hydrogen (secondary N) is 1. The fourth-order valence-electron chi connectivity index (χ4n) is 2.93. The lowest BCUT2D eigenvalue weighted by atomic mass is 9.74. The molecule has 1 aromatic rings. The first-order valence-corrected chi connectivity index (χ1v) is 7.88. The fraction of sp³-hybridized carbons (Fsp3) is 0.412. The Bertz CT molecular complexity index is 658. The Kier molecular flexibility index (Phi) is 5.33. The Morgan fingerprint density at radius 2 is 1.83 bits per heavy atom. The van der Waals surface area contributed by atoms with Crippen LogP contribution in [-0.2, 0) is 19.8 Å². The highest BCUT2D eigenvalue weighted by Gasteiger charge is 2.53. The summed E-state index contributed by atoms with van der Waals surface area (Å²) in [5, 5.41) is 10.9. The van der Waals surface area contributed by atoms with Crippen molar-refractivity contribution in [2.24, 2.45) is 0 Å². The van der Waals surface area contributed by atoms with Gasteiger partial charge in [0, 0.05) is 13.0 Å². The summed E-state index contributed by atoms with van der Waals surface area (Å²) in [6.45, 7) is 1.81. The average molecular weight is 332 g/mol. The zero-order valence-corrected chi connectivity index (χ0v) is 13.4. The lowest BCUT2D eigenvalue weighted by molar-refractivity contribution is -0.145. The number of carbonyl (C=O) groups excluding carboxylic acids is 3. The van der Waals surface area contributed by atoms with Gasteiger partial charge in [0.25, 0.3) is 5.91 Å². The molecule has 1 fully saturated rings. The zero-order valence-electron chi connectivity index (χ0n) is 13.4. The second-order valence-electron chi connectivity index (χ2n) is 5.69. The molecule has 1 heterocycles. The van der Waals surface area contributed by atoms with Gasteiger partial charge < -0.3 is 5.11 Å². The van der Waals surface area contributed by atoms with Crippen LogP contribution in [0.4, 0.5) is 4.79 Å². The molecule has 7 heteroatoms. The van der Waals surface area contributed by atoms with Gasteiger partial charge in [0.2, 0.25) is 5.91 Å². The van der Waals surface area contributed by atoms with Crippen molar-refractivity contribution in [3.8, 4) is 0 Å². The molecule has 1 aromatic carbocycles. The number of hydrogen-bond donors (Lipinski definition) is 2. The van der Waals surface area contributed by atoms with Gasteiger partial charge in [0.15, 0.2) is 5.41 Å². The molecule has 1 saturated heterocycles. The van der Waals surface area contributed by atoms with Gasteiger partial charge in [-0.05, 0) is 24.8 Å². The normalized spacial score (nSPS) is 20.9. The Labute approximate surface area is 139 Å². The predicted molar refractivity (Wildman–Crippen MR) is 85.1 cm³/mol. The minimum Gasteiger partial charge on any atom is -0.481 e. The monoisotopic (exact) mass is 332 g/mol. The lowest BCUT2D eigenvalue weighted by Gasteiger charge is -2.39. The van der Waals surface area contributed by atoms with Gasteiger partial charge in [-0.15, -0.1) is 0 Å². The number of carboxylic acids is 1. The van der Waals surface area contributed by atoms with E-state index < -0.39 is 29.2 Å². The number of barbiturate groups is 1. The third kappa shape index (κ3) is 3.15. The maximum Gasteiger partial charge on any atom is 0.330 e. The van der Waals surface area contributed by atoms with Crippen molar-refractivity contribution in [1.82, 2.24) is 10.2 Å². The van der Waals surface area contributed by atoms with Crippen molar-refractivity contribution in [2.75, 3.05) is 6.54 Å². The molecule has 0 saturated carbocycles. The van der Waals surface area contributed by atoms with E-state index in [1.54, 1.807) is 37.3 Å². The summed E-state index contributed by atoms with van der Waals surface area (Å²) >= 11 is 0. The molecule has 2 rings (SSSR count). The summed E-state index contributed by atoms with van der Waals surface area (Å²) in [5.74, 6) is -2.10. The Balaban J connectivity index is 2.25. The third-order valence-electron chi connectivity index (χ3n) is 4.28. The Hall–Kier alpha value is -2.70. The number of carbonyl (C=O) groups is 4. The van der Waals surface area contributed by atoms with Crippen LogP contribution in [0, 0.1) is 0 Å². The number of aliphatic carboxylic acids is 1. The number of rotatable bonds is 7. The highest BCUT2D eigenvalue weighted by atomic mass is 16.4. The van der Waals surface area contributed by atoms with Crippen LogP contribution in [0.15, 0.2) is 30.3 Å². The maximum atomic E-state index is 13.0. The van der Waals surface area contributed by atoms with E-state index in [-0.39, 0.29) is 19.4 Å². The third-order valence-corrected chi connectivity index (χ3v) is 4.28. The number of hydrogen-bond acceptors (Lipinski definition) is 4. The minimum absolute atomic E-state index is 0.0276. The summed E-state index contributed by atoms with van der Waals surface area (Å²) in [6, 6.07) is 7.90. The van der Waals surface area contributed by atoms with E-state index in [0.717, 1.165) is 4.90 Å². The molecule has 0 spiro atoms. The van der Waals surface area contributed by atoms with Crippen molar-refractivity contribution in [3.63, 3.8) is 0 Å². The van der Waals surface area contributed by atoms with Crippen LogP contribution < -0.4 is 5.32 Å². The molecule has 4 amide bonds. The van der Waals surface area contributed by atoms with Gasteiger partial charge in [0.05, 0.1) is 0 Å². The van der Waals surface area contributed by atoms with Crippen LogP contribution >= 0.6 is 0 Å². The molecule has 7 nitrogen and oxygen atoms in total. The first-order chi connectivity index (χ1) is 11.4. The number of unbranched alkanes of at least 4 members (excludes halogenated alkanes) is 1. The molecule has 1 aliphatic rings. The molecule has 0 radical (unpaired) electrons. The van der Waals surface area contributed by atoms with Gasteiger partial charge in [-0.3, -0.25) is 24.6 Å².